The lowest BCUT2D eigenvalue weighted by Crippen LogP contribution is -2.36. The molecule has 0 aliphatic carbocycles. The van der Waals surface area contributed by atoms with Crippen molar-refractivity contribution in [2.24, 2.45) is 5.92 Å². The zero-order chi connectivity index (χ0) is 11.1. The molecule has 90 valence electrons. The summed E-state index contributed by atoms with van der Waals surface area (Å²) < 4.78 is 24.0. The molecule has 1 saturated heterocycles. The SMILES string of the molecule is CS(=O)(=O)NCCNCC1CCNCC1. The quantitative estimate of drug-likeness (QED) is 0.523. The minimum Gasteiger partial charge on any atom is -0.317 e. The summed E-state index contributed by atoms with van der Waals surface area (Å²) in [5, 5.41) is 6.59. The molecule has 0 spiro atoms. The molecule has 6 heteroatoms. The van der Waals surface area contributed by atoms with Gasteiger partial charge in [-0.1, -0.05) is 0 Å². The Morgan fingerprint density at radius 3 is 2.53 bits per heavy atom. The lowest BCUT2D eigenvalue weighted by Gasteiger charge is -2.22. The Hall–Kier alpha value is -0.170. The Morgan fingerprint density at radius 1 is 1.27 bits per heavy atom. The average Bonchev–Trinajstić information content (AvgIpc) is 2.17. The summed E-state index contributed by atoms with van der Waals surface area (Å²) in [5.74, 6) is 0.740. The van der Waals surface area contributed by atoms with Crippen LogP contribution in [0.15, 0.2) is 0 Å². The van der Waals surface area contributed by atoms with Crippen molar-refractivity contribution in [1.82, 2.24) is 15.4 Å². The molecule has 1 heterocycles. The van der Waals surface area contributed by atoms with E-state index in [-0.39, 0.29) is 0 Å². The van der Waals surface area contributed by atoms with Crippen LogP contribution < -0.4 is 15.4 Å². The third-order valence-electron chi connectivity index (χ3n) is 2.56. The van der Waals surface area contributed by atoms with Crippen molar-refractivity contribution in [2.75, 3.05) is 39.0 Å². The van der Waals surface area contributed by atoms with Crippen LogP contribution in [-0.2, 0) is 10.0 Å². The van der Waals surface area contributed by atoms with Crippen LogP contribution in [0.2, 0.25) is 0 Å². The first kappa shape index (κ1) is 12.9. The number of hydrogen-bond donors (Lipinski definition) is 3. The second kappa shape index (κ2) is 6.42. The van der Waals surface area contributed by atoms with Crippen molar-refractivity contribution in [3.8, 4) is 0 Å². The molecule has 0 aromatic carbocycles. The molecular weight excluding hydrogens is 214 g/mol. The molecule has 1 fully saturated rings. The summed E-state index contributed by atoms with van der Waals surface area (Å²) in [5.41, 5.74) is 0. The van der Waals surface area contributed by atoms with E-state index in [1.165, 1.54) is 19.1 Å². The fourth-order valence-corrected chi connectivity index (χ4v) is 2.19. The van der Waals surface area contributed by atoms with Gasteiger partial charge in [-0.05, 0) is 38.4 Å². The fraction of sp³-hybridized carbons (Fsp3) is 1.00. The highest BCUT2D eigenvalue weighted by atomic mass is 32.2. The number of rotatable bonds is 6. The standard InChI is InChI=1S/C9H21N3O2S/c1-15(13,14)12-7-6-11-8-9-2-4-10-5-3-9/h9-12H,2-8H2,1H3. The van der Waals surface area contributed by atoms with Crippen LogP contribution >= 0.6 is 0 Å². The molecule has 0 saturated carbocycles. The molecule has 15 heavy (non-hydrogen) atoms. The first-order valence-electron chi connectivity index (χ1n) is 5.44. The maximum absolute atomic E-state index is 10.7. The van der Waals surface area contributed by atoms with Gasteiger partial charge in [-0.2, -0.15) is 0 Å². The smallest absolute Gasteiger partial charge is 0.208 e. The molecule has 1 rings (SSSR count). The van der Waals surface area contributed by atoms with Crippen molar-refractivity contribution in [3.05, 3.63) is 0 Å². The fourth-order valence-electron chi connectivity index (χ4n) is 1.72. The first-order valence-corrected chi connectivity index (χ1v) is 7.33. The monoisotopic (exact) mass is 235 g/mol. The summed E-state index contributed by atoms with van der Waals surface area (Å²) in [4.78, 5) is 0. The second-order valence-electron chi connectivity index (χ2n) is 4.06. The number of nitrogens with one attached hydrogen (secondary N) is 3. The number of sulfonamides is 1. The minimum absolute atomic E-state index is 0.476. The van der Waals surface area contributed by atoms with Crippen LogP contribution in [0.5, 0.6) is 0 Å². The zero-order valence-electron chi connectivity index (χ0n) is 9.25. The van der Waals surface area contributed by atoms with E-state index in [0.717, 1.165) is 25.6 Å². The maximum Gasteiger partial charge on any atom is 0.208 e. The van der Waals surface area contributed by atoms with Crippen LogP contribution in [0.4, 0.5) is 0 Å². The highest BCUT2D eigenvalue weighted by Crippen LogP contribution is 2.09. The van der Waals surface area contributed by atoms with Crippen molar-refractivity contribution in [2.45, 2.75) is 12.8 Å². The molecule has 0 aromatic heterocycles. The van der Waals surface area contributed by atoms with Gasteiger partial charge in [-0.25, -0.2) is 13.1 Å². The summed E-state index contributed by atoms with van der Waals surface area (Å²) in [7, 11) is -3.03. The second-order valence-corrected chi connectivity index (χ2v) is 5.90. The Morgan fingerprint density at radius 2 is 1.93 bits per heavy atom. The molecule has 0 unspecified atom stereocenters. The van der Waals surface area contributed by atoms with Gasteiger partial charge >= 0.3 is 0 Å². The maximum atomic E-state index is 10.7. The van der Waals surface area contributed by atoms with Gasteiger partial charge in [0.2, 0.25) is 10.0 Å². The summed E-state index contributed by atoms with van der Waals surface area (Å²) in [6.45, 7) is 4.38. The molecule has 0 bridgehead atoms. The third-order valence-corrected chi connectivity index (χ3v) is 3.29. The highest BCUT2D eigenvalue weighted by Gasteiger charge is 2.11. The molecule has 1 aliphatic rings. The molecule has 0 amide bonds. The van der Waals surface area contributed by atoms with E-state index < -0.39 is 10.0 Å². The molecule has 0 radical (unpaired) electrons. The highest BCUT2D eigenvalue weighted by molar-refractivity contribution is 7.88. The largest absolute Gasteiger partial charge is 0.317 e. The molecular formula is C9H21N3O2S. The molecule has 5 nitrogen and oxygen atoms in total. The van der Waals surface area contributed by atoms with Crippen LogP contribution in [0.3, 0.4) is 0 Å². The van der Waals surface area contributed by atoms with Gasteiger partial charge in [0.05, 0.1) is 6.26 Å². The Labute approximate surface area is 92.1 Å². The summed E-state index contributed by atoms with van der Waals surface area (Å²) in [6, 6.07) is 0. The summed E-state index contributed by atoms with van der Waals surface area (Å²) in [6.07, 6.45) is 3.61. The minimum atomic E-state index is -3.03. The van der Waals surface area contributed by atoms with Gasteiger partial charge in [-0.15, -0.1) is 0 Å². The predicted octanol–water partition coefficient (Wildman–Crippen LogP) is -0.875. The Kier molecular flexibility index (Phi) is 5.52. The normalized spacial score (nSPS) is 19.3. The van der Waals surface area contributed by atoms with Crippen LogP contribution in [0.25, 0.3) is 0 Å². The van der Waals surface area contributed by atoms with E-state index in [4.69, 9.17) is 0 Å². The van der Waals surface area contributed by atoms with Crippen LogP contribution in [-0.4, -0.2) is 47.4 Å². The van der Waals surface area contributed by atoms with Gasteiger partial charge in [0, 0.05) is 13.1 Å². The lowest BCUT2D eigenvalue weighted by atomic mass is 9.98. The van der Waals surface area contributed by atoms with Gasteiger partial charge < -0.3 is 10.6 Å². The van der Waals surface area contributed by atoms with Crippen LogP contribution in [0.1, 0.15) is 12.8 Å². The van der Waals surface area contributed by atoms with E-state index >= 15 is 0 Å². The van der Waals surface area contributed by atoms with E-state index in [1.807, 2.05) is 0 Å². The molecule has 0 aromatic rings. The zero-order valence-corrected chi connectivity index (χ0v) is 10.1. The summed E-state index contributed by atoms with van der Waals surface area (Å²) >= 11 is 0. The van der Waals surface area contributed by atoms with Crippen molar-refractivity contribution >= 4 is 10.0 Å². The average molecular weight is 235 g/mol. The third kappa shape index (κ3) is 6.83. The van der Waals surface area contributed by atoms with Gasteiger partial charge in [0.25, 0.3) is 0 Å². The van der Waals surface area contributed by atoms with E-state index in [0.29, 0.717) is 13.1 Å². The Balaban J connectivity index is 1.96. The van der Waals surface area contributed by atoms with Gasteiger partial charge in [0.15, 0.2) is 0 Å². The first-order chi connectivity index (χ1) is 7.08. The van der Waals surface area contributed by atoms with E-state index in [2.05, 4.69) is 15.4 Å². The van der Waals surface area contributed by atoms with Crippen molar-refractivity contribution in [1.29, 1.82) is 0 Å². The number of piperidine rings is 1. The molecule has 3 N–H and O–H groups in total. The molecule has 1 aliphatic heterocycles. The van der Waals surface area contributed by atoms with Crippen molar-refractivity contribution < 1.29 is 8.42 Å². The Bertz CT molecular complexity index is 261. The van der Waals surface area contributed by atoms with E-state index in [1.54, 1.807) is 0 Å². The number of hydrogen-bond acceptors (Lipinski definition) is 4. The van der Waals surface area contributed by atoms with E-state index in [9.17, 15) is 8.42 Å². The topological polar surface area (TPSA) is 70.2 Å². The van der Waals surface area contributed by atoms with Gasteiger partial charge in [0.1, 0.15) is 0 Å². The van der Waals surface area contributed by atoms with Crippen LogP contribution in [0, 0.1) is 5.92 Å². The van der Waals surface area contributed by atoms with Crippen molar-refractivity contribution in [3.63, 3.8) is 0 Å². The lowest BCUT2D eigenvalue weighted by molar-refractivity contribution is 0.358. The molecule has 0 atom stereocenters. The van der Waals surface area contributed by atoms with Gasteiger partial charge in [-0.3, -0.25) is 0 Å². The predicted molar refractivity (Wildman–Crippen MR) is 61.3 cm³/mol.